The van der Waals surface area contributed by atoms with Crippen molar-refractivity contribution in [2.24, 2.45) is 5.84 Å². The first-order valence-corrected chi connectivity index (χ1v) is 7.72. The molecule has 3 N–H and O–H groups in total. The average Bonchev–Trinajstić information content (AvgIpc) is 2.94. The van der Waals surface area contributed by atoms with E-state index in [0.717, 1.165) is 6.42 Å². The van der Waals surface area contributed by atoms with Gasteiger partial charge >= 0.3 is 0 Å². The van der Waals surface area contributed by atoms with E-state index in [1.807, 2.05) is 0 Å². The van der Waals surface area contributed by atoms with Crippen molar-refractivity contribution in [2.75, 3.05) is 13.1 Å². The summed E-state index contributed by atoms with van der Waals surface area (Å²) in [6, 6.07) is 7.00. The van der Waals surface area contributed by atoms with Crippen molar-refractivity contribution in [3.05, 3.63) is 34.9 Å². The molecule has 1 aromatic rings. The summed E-state index contributed by atoms with van der Waals surface area (Å²) in [7, 11) is 0. The summed E-state index contributed by atoms with van der Waals surface area (Å²) in [5.74, 6) is 5.87. The fourth-order valence-electron chi connectivity index (χ4n) is 3.19. The zero-order chi connectivity index (χ0) is 14.8. The molecule has 0 spiro atoms. The Balaban J connectivity index is 2.13. The molecule has 1 unspecified atom stereocenters. The van der Waals surface area contributed by atoms with Gasteiger partial charge in [0.15, 0.2) is 0 Å². The van der Waals surface area contributed by atoms with E-state index in [1.54, 1.807) is 0 Å². The quantitative estimate of drug-likeness (QED) is 0.641. The van der Waals surface area contributed by atoms with Crippen molar-refractivity contribution >= 4 is 0 Å². The number of benzene rings is 1. The van der Waals surface area contributed by atoms with Gasteiger partial charge in [0.1, 0.15) is 0 Å². The molecule has 20 heavy (non-hydrogen) atoms. The third kappa shape index (κ3) is 3.22. The molecule has 0 aromatic heterocycles. The van der Waals surface area contributed by atoms with Gasteiger partial charge in [-0.2, -0.15) is 0 Å². The van der Waals surface area contributed by atoms with Crippen LogP contribution >= 0.6 is 0 Å². The second-order valence-corrected chi connectivity index (χ2v) is 6.69. The molecule has 1 atom stereocenters. The van der Waals surface area contributed by atoms with Gasteiger partial charge in [0.2, 0.25) is 0 Å². The van der Waals surface area contributed by atoms with Crippen LogP contribution in [0.2, 0.25) is 0 Å². The van der Waals surface area contributed by atoms with E-state index in [0.29, 0.717) is 0 Å². The first kappa shape index (κ1) is 15.5. The van der Waals surface area contributed by atoms with Gasteiger partial charge in [-0.25, -0.2) is 0 Å². The van der Waals surface area contributed by atoms with Crippen molar-refractivity contribution in [3.63, 3.8) is 0 Å². The van der Waals surface area contributed by atoms with Crippen molar-refractivity contribution in [1.82, 2.24) is 10.3 Å². The van der Waals surface area contributed by atoms with E-state index in [-0.39, 0.29) is 11.6 Å². The molecular weight excluding hydrogens is 246 g/mol. The lowest BCUT2D eigenvalue weighted by molar-refractivity contribution is 0.106. The molecule has 1 aliphatic rings. The van der Waals surface area contributed by atoms with Crippen molar-refractivity contribution in [3.8, 4) is 0 Å². The van der Waals surface area contributed by atoms with E-state index in [1.165, 1.54) is 42.6 Å². The van der Waals surface area contributed by atoms with Gasteiger partial charge in [-0.05, 0) is 76.7 Å². The lowest BCUT2D eigenvalue weighted by atomic mass is 9.87. The third-order valence-electron chi connectivity index (χ3n) is 4.99. The standard InChI is InChI=1S/C17H29N3/c1-13-7-8-15(11-14(13)2)12-16(19-18)17(3,4)20-9-5-6-10-20/h7-8,11,16,19H,5-6,9-10,12,18H2,1-4H3. The summed E-state index contributed by atoms with van der Waals surface area (Å²) in [6.45, 7) is 11.3. The van der Waals surface area contributed by atoms with Gasteiger partial charge in [-0.3, -0.25) is 16.2 Å². The number of rotatable bonds is 5. The predicted molar refractivity (Wildman–Crippen MR) is 85.6 cm³/mol. The Morgan fingerprint density at radius 1 is 1.20 bits per heavy atom. The SMILES string of the molecule is Cc1ccc(CC(NN)C(C)(C)N2CCCC2)cc1C. The molecular formula is C17H29N3. The Morgan fingerprint density at radius 2 is 1.85 bits per heavy atom. The van der Waals surface area contributed by atoms with Gasteiger partial charge < -0.3 is 0 Å². The van der Waals surface area contributed by atoms with Crippen LogP contribution in [0.5, 0.6) is 0 Å². The van der Waals surface area contributed by atoms with Gasteiger partial charge in [-0.1, -0.05) is 18.2 Å². The molecule has 0 bridgehead atoms. The van der Waals surface area contributed by atoms with Crippen molar-refractivity contribution < 1.29 is 0 Å². The van der Waals surface area contributed by atoms with E-state index in [4.69, 9.17) is 5.84 Å². The van der Waals surface area contributed by atoms with Crippen LogP contribution in [-0.4, -0.2) is 29.6 Å². The molecule has 0 amide bonds. The minimum atomic E-state index is 0.0873. The first-order valence-electron chi connectivity index (χ1n) is 7.72. The number of aryl methyl sites for hydroxylation is 2. The number of likely N-dealkylation sites (tertiary alicyclic amines) is 1. The molecule has 1 heterocycles. The summed E-state index contributed by atoms with van der Waals surface area (Å²) in [5, 5.41) is 0. The number of nitrogens with two attached hydrogens (primary N) is 1. The molecule has 1 saturated heterocycles. The summed E-state index contributed by atoms with van der Waals surface area (Å²) in [6.07, 6.45) is 3.59. The summed E-state index contributed by atoms with van der Waals surface area (Å²) >= 11 is 0. The highest BCUT2D eigenvalue weighted by molar-refractivity contribution is 5.30. The van der Waals surface area contributed by atoms with Gasteiger partial charge in [0.25, 0.3) is 0 Å². The normalized spacial score (nSPS) is 18.4. The van der Waals surface area contributed by atoms with Crippen molar-refractivity contribution in [2.45, 2.75) is 58.5 Å². The number of hydrogen-bond donors (Lipinski definition) is 2. The summed E-state index contributed by atoms with van der Waals surface area (Å²) in [4.78, 5) is 2.57. The fourth-order valence-corrected chi connectivity index (χ4v) is 3.19. The van der Waals surface area contributed by atoms with E-state index < -0.39 is 0 Å². The third-order valence-corrected chi connectivity index (χ3v) is 4.99. The van der Waals surface area contributed by atoms with Crippen LogP contribution in [0.25, 0.3) is 0 Å². The largest absolute Gasteiger partial charge is 0.297 e. The minimum absolute atomic E-state index is 0.0873. The Kier molecular flexibility index (Phi) is 4.84. The summed E-state index contributed by atoms with van der Waals surface area (Å²) < 4.78 is 0. The maximum absolute atomic E-state index is 5.87. The molecule has 1 aromatic carbocycles. The maximum Gasteiger partial charge on any atom is 0.0429 e. The van der Waals surface area contributed by atoms with Crippen LogP contribution in [0.1, 0.15) is 43.4 Å². The minimum Gasteiger partial charge on any atom is -0.297 e. The molecule has 2 rings (SSSR count). The Labute approximate surface area is 123 Å². The number of hydrazine groups is 1. The topological polar surface area (TPSA) is 41.3 Å². The number of hydrogen-bond acceptors (Lipinski definition) is 3. The maximum atomic E-state index is 5.87. The molecule has 0 radical (unpaired) electrons. The Hall–Kier alpha value is -0.900. The molecule has 3 nitrogen and oxygen atoms in total. The van der Waals surface area contributed by atoms with Crippen LogP contribution in [-0.2, 0) is 6.42 Å². The highest BCUT2D eigenvalue weighted by Crippen LogP contribution is 2.26. The lowest BCUT2D eigenvalue weighted by Gasteiger charge is -2.42. The molecule has 3 heteroatoms. The van der Waals surface area contributed by atoms with E-state index in [9.17, 15) is 0 Å². The van der Waals surface area contributed by atoms with E-state index in [2.05, 4.69) is 56.2 Å². The van der Waals surface area contributed by atoms with E-state index >= 15 is 0 Å². The molecule has 1 aliphatic heterocycles. The van der Waals surface area contributed by atoms with Crippen LogP contribution in [0.4, 0.5) is 0 Å². The lowest BCUT2D eigenvalue weighted by Crippen LogP contribution is -2.59. The van der Waals surface area contributed by atoms with Crippen LogP contribution in [0.15, 0.2) is 18.2 Å². The van der Waals surface area contributed by atoms with Crippen molar-refractivity contribution in [1.29, 1.82) is 0 Å². The second-order valence-electron chi connectivity index (χ2n) is 6.69. The average molecular weight is 275 g/mol. The zero-order valence-corrected chi connectivity index (χ0v) is 13.4. The first-order chi connectivity index (χ1) is 9.45. The Morgan fingerprint density at radius 3 is 2.40 bits per heavy atom. The highest BCUT2D eigenvalue weighted by Gasteiger charge is 2.36. The van der Waals surface area contributed by atoms with Gasteiger partial charge in [-0.15, -0.1) is 0 Å². The predicted octanol–water partition coefficient (Wildman–Crippen LogP) is 2.55. The number of nitrogens with zero attached hydrogens (tertiary/aromatic N) is 1. The monoisotopic (exact) mass is 275 g/mol. The van der Waals surface area contributed by atoms with Gasteiger partial charge in [0.05, 0.1) is 0 Å². The van der Waals surface area contributed by atoms with Gasteiger partial charge in [0, 0.05) is 11.6 Å². The Bertz CT molecular complexity index is 448. The highest BCUT2D eigenvalue weighted by atomic mass is 15.3. The fraction of sp³-hybridized carbons (Fsp3) is 0.647. The molecule has 0 saturated carbocycles. The smallest absolute Gasteiger partial charge is 0.0429 e. The zero-order valence-electron chi connectivity index (χ0n) is 13.4. The van der Waals surface area contributed by atoms with Crippen LogP contribution in [0, 0.1) is 13.8 Å². The van der Waals surface area contributed by atoms with Crippen LogP contribution in [0.3, 0.4) is 0 Å². The molecule has 1 fully saturated rings. The molecule has 112 valence electrons. The van der Waals surface area contributed by atoms with Crippen LogP contribution < -0.4 is 11.3 Å². The molecule has 0 aliphatic carbocycles. The second kappa shape index (κ2) is 6.25. The summed E-state index contributed by atoms with van der Waals surface area (Å²) in [5.41, 5.74) is 7.22. The number of nitrogens with one attached hydrogen (secondary N) is 1.